The molecule has 0 atom stereocenters. The molecule has 0 fully saturated rings. The van der Waals surface area contributed by atoms with E-state index in [2.05, 4.69) is 45.4 Å². The molecule has 0 radical (unpaired) electrons. The van der Waals surface area contributed by atoms with Crippen LogP contribution in [0.15, 0.2) is 70.3 Å². The molecule has 0 aliphatic carbocycles. The lowest BCUT2D eigenvalue weighted by Gasteiger charge is -2.11. The summed E-state index contributed by atoms with van der Waals surface area (Å²) in [5.74, 6) is 0.753. The first-order valence-electron chi connectivity index (χ1n) is 6.84. The summed E-state index contributed by atoms with van der Waals surface area (Å²) >= 11 is 3.47. The Hall–Kier alpha value is -2.33. The van der Waals surface area contributed by atoms with Crippen LogP contribution >= 0.6 is 15.9 Å². The minimum absolute atomic E-state index is 0.493. The molecule has 4 heteroatoms. The Bertz CT molecular complexity index is 825. The largest absolute Gasteiger partial charge is 0.488 e. The highest BCUT2D eigenvalue weighted by Crippen LogP contribution is 2.27. The first kappa shape index (κ1) is 14.6. The summed E-state index contributed by atoms with van der Waals surface area (Å²) in [6, 6.07) is 20.0. The number of fused-ring (bicyclic) bond motifs is 1. The Labute approximate surface area is 137 Å². The number of hydrogen-bond donors (Lipinski definition) is 1. The molecular formula is C18H14BrNO2. The molecule has 0 aliphatic rings. The Morgan fingerprint density at radius 2 is 1.86 bits per heavy atom. The maximum absolute atomic E-state index is 8.56. The molecule has 0 heterocycles. The number of rotatable bonds is 4. The number of benzene rings is 3. The number of oxime groups is 1. The quantitative estimate of drug-likeness (QED) is 0.407. The average Bonchev–Trinajstić information content (AvgIpc) is 2.54. The molecule has 0 aromatic heterocycles. The Balaban J connectivity index is 1.82. The maximum atomic E-state index is 8.56. The minimum atomic E-state index is 0.493. The van der Waals surface area contributed by atoms with Gasteiger partial charge in [-0.2, -0.15) is 0 Å². The van der Waals surface area contributed by atoms with E-state index in [1.54, 1.807) is 0 Å². The van der Waals surface area contributed by atoms with Crippen LogP contribution in [-0.2, 0) is 6.61 Å². The molecule has 3 aromatic rings. The molecule has 0 saturated heterocycles. The number of hydrogen-bond acceptors (Lipinski definition) is 3. The molecule has 1 N–H and O–H groups in total. The Morgan fingerprint density at radius 3 is 2.68 bits per heavy atom. The fourth-order valence-corrected chi connectivity index (χ4v) is 2.87. The highest BCUT2D eigenvalue weighted by molar-refractivity contribution is 9.10. The summed E-state index contributed by atoms with van der Waals surface area (Å²) in [5, 5.41) is 14.0. The number of nitrogens with zero attached hydrogens (tertiary/aromatic N) is 1. The second kappa shape index (κ2) is 6.62. The normalized spacial score (nSPS) is 11.1. The van der Waals surface area contributed by atoms with Crippen LogP contribution in [0.1, 0.15) is 11.1 Å². The van der Waals surface area contributed by atoms with Gasteiger partial charge in [-0.05, 0) is 56.0 Å². The molecule has 0 bridgehead atoms. The van der Waals surface area contributed by atoms with Crippen molar-refractivity contribution in [1.29, 1.82) is 0 Å². The maximum Gasteiger partial charge on any atom is 0.134 e. The molecule has 0 saturated carbocycles. The van der Waals surface area contributed by atoms with E-state index in [1.807, 2.05) is 36.4 Å². The van der Waals surface area contributed by atoms with Gasteiger partial charge in [0.1, 0.15) is 12.4 Å². The van der Waals surface area contributed by atoms with Gasteiger partial charge in [0.25, 0.3) is 0 Å². The van der Waals surface area contributed by atoms with Crippen molar-refractivity contribution in [2.24, 2.45) is 5.16 Å². The van der Waals surface area contributed by atoms with Gasteiger partial charge in [-0.1, -0.05) is 47.6 Å². The van der Waals surface area contributed by atoms with E-state index in [1.165, 1.54) is 17.0 Å². The Kier molecular flexibility index (Phi) is 4.39. The third-order valence-corrected chi connectivity index (χ3v) is 4.05. The highest BCUT2D eigenvalue weighted by Gasteiger charge is 2.05. The van der Waals surface area contributed by atoms with Crippen molar-refractivity contribution in [3.8, 4) is 5.75 Å². The lowest BCUT2D eigenvalue weighted by molar-refractivity contribution is 0.305. The third-order valence-electron chi connectivity index (χ3n) is 3.43. The van der Waals surface area contributed by atoms with Crippen LogP contribution in [0.5, 0.6) is 5.75 Å². The average molecular weight is 356 g/mol. The van der Waals surface area contributed by atoms with E-state index in [0.29, 0.717) is 6.61 Å². The van der Waals surface area contributed by atoms with Crippen molar-refractivity contribution in [1.82, 2.24) is 0 Å². The number of halogens is 1. The van der Waals surface area contributed by atoms with Crippen molar-refractivity contribution >= 4 is 32.9 Å². The number of ether oxygens (including phenoxy) is 1. The van der Waals surface area contributed by atoms with E-state index < -0.39 is 0 Å². The van der Waals surface area contributed by atoms with Crippen LogP contribution < -0.4 is 4.74 Å². The van der Waals surface area contributed by atoms with Crippen LogP contribution in [0.25, 0.3) is 10.8 Å². The zero-order valence-electron chi connectivity index (χ0n) is 11.7. The summed E-state index contributed by atoms with van der Waals surface area (Å²) in [4.78, 5) is 0. The lowest BCUT2D eigenvalue weighted by atomic mass is 10.1. The fourth-order valence-electron chi connectivity index (χ4n) is 2.35. The first-order valence-corrected chi connectivity index (χ1v) is 7.63. The SMILES string of the molecule is ON=Cc1ccc(OCc2cccc3ccccc23)c(Br)c1. The van der Waals surface area contributed by atoms with Crippen LogP contribution in [0.2, 0.25) is 0 Å². The topological polar surface area (TPSA) is 41.8 Å². The van der Waals surface area contributed by atoms with Crippen LogP contribution in [-0.4, -0.2) is 11.4 Å². The van der Waals surface area contributed by atoms with Gasteiger partial charge in [0.2, 0.25) is 0 Å². The molecule has 0 unspecified atom stereocenters. The second-order valence-electron chi connectivity index (χ2n) is 4.86. The van der Waals surface area contributed by atoms with E-state index in [9.17, 15) is 0 Å². The van der Waals surface area contributed by atoms with Crippen molar-refractivity contribution in [3.63, 3.8) is 0 Å². The highest BCUT2D eigenvalue weighted by atomic mass is 79.9. The molecular weight excluding hydrogens is 342 g/mol. The smallest absolute Gasteiger partial charge is 0.134 e. The van der Waals surface area contributed by atoms with Crippen molar-refractivity contribution in [3.05, 3.63) is 76.3 Å². The summed E-state index contributed by atoms with van der Waals surface area (Å²) in [7, 11) is 0. The zero-order chi connectivity index (χ0) is 15.4. The summed E-state index contributed by atoms with van der Waals surface area (Å²) in [6.45, 7) is 0.493. The standard InChI is InChI=1S/C18H14BrNO2/c19-17-10-13(11-20-21)8-9-18(17)22-12-15-6-3-5-14-4-1-2-7-16(14)15/h1-11,21H,12H2. The molecule has 3 nitrogen and oxygen atoms in total. The molecule has 0 amide bonds. The van der Waals surface area contributed by atoms with Gasteiger partial charge in [-0.15, -0.1) is 0 Å². The van der Waals surface area contributed by atoms with Crippen LogP contribution in [0.4, 0.5) is 0 Å². The molecule has 3 aromatic carbocycles. The van der Waals surface area contributed by atoms with Crippen molar-refractivity contribution in [2.45, 2.75) is 6.61 Å². The predicted molar refractivity (Wildman–Crippen MR) is 91.8 cm³/mol. The molecule has 110 valence electrons. The molecule has 22 heavy (non-hydrogen) atoms. The minimum Gasteiger partial charge on any atom is -0.488 e. The summed E-state index contributed by atoms with van der Waals surface area (Å²) in [5.41, 5.74) is 1.94. The van der Waals surface area contributed by atoms with E-state index >= 15 is 0 Å². The lowest BCUT2D eigenvalue weighted by Crippen LogP contribution is -1.97. The summed E-state index contributed by atoms with van der Waals surface area (Å²) < 4.78 is 6.73. The first-order chi connectivity index (χ1) is 10.8. The Morgan fingerprint density at radius 1 is 1.05 bits per heavy atom. The van der Waals surface area contributed by atoms with Gasteiger partial charge in [0.15, 0.2) is 0 Å². The van der Waals surface area contributed by atoms with E-state index in [0.717, 1.165) is 21.3 Å². The molecule has 3 rings (SSSR count). The summed E-state index contributed by atoms with van der Waals surface area (Å²) in [6.07, 6.45) is 1.37. The van der Waals surface area contributed by atoms with Crippen molar-refractivity contribution in [2.75, 3.05) is 0 Å². The van der Waals surface area contributed by atoms with E-state index in [-0.39, 0.29) is 0 Å². The van der Waals surface area contributed by atoms with Crippen molar-refractivity contribution < 1.29 is 9.94 Å². The second-order valence-corrected chi connectivity index (χ2v) is 5.72. The third kappa shape index (κ3) is 3.12. The van der Waals surface area contributed by atoms with Gasteiger partial charge in [-0.3, -0.25) is 0 Å². The van der Waals surface area contributed by atoms with Gasteiger partial charge in [-0.25, -0.2) is 0 Å². The van der Waals surface area contributed by atoms with E-state index in [4.69, 9.17) is 9.94 Å². The van der Waals surface area contributed by atoms with Gasteiger partial charge < -0.3 is 9.94 Å². The monoisotopic (exact) mass is 355 g/mol. The molecule has 0 aliphatic heterocycles. The van der Waals surface area contributed by atoms with Crippen LogP contribution in [0.3, 0.4) is 0 Å². The molecule has 0 spiro atoms. The zero-order valence-corrected chi connectivity index (χ0v) is 13.3. The predicted octanol–water partition coefficient (Wildman–Crippen LogP) is 4.99. The van der Waals surface area contributed by atoms with Gasteiger partial charge in [0, 0.05) is 0 Å². The van der Waals surface area contributed by atoms with Gasteiger partial charge in [0.05, 0.1) is 10.7 Å². The van der Waals surface area contributed by atoms with Crippen LogP contribution in [0, 0.1) is 0 Å². The fraction of sp³-hybridized carbons (Fsp3) is 0.0556. The van der Waals surface area contributed by atoms with Gasteiger partial charge >= 0.3 is 0 Å².